The van der Waals surface area contributed by atoms with Gasteiger partial charge >= 0.3 is 0 Å². The molecule has 0 unspecified atom stereocenters. The van der Waals surface area contributed by atoms with Crippen LogP contribution in [0.2, 0.25) is 5.02 Å². The van der Waals surface area contributed by atoms with Crippen LogP contribution < -0.4 is 24.8 Å². The molecule has 0 saturated carbocycles. The average Bonchev–Trinajstić information content (AvgIpc) is 2.80. The standard InChI is InChI=1S/C23H24ClN3O4/c1-29-20-8-5-11-26-19(20)14-25-13-16-9-10-21(22(12-16)30-2)31-15-23(28)27-18-7-4-3-6-17(18)24/h3-12,25H,13-15H2,1-2H3,(H,27,28). The molecular weight excluding hydrogens is 418 g/mol. The fraction of sp³-hybridized carbons (Fsp3) is 0.217. The number of pyridine rings is 1. The Bertz CT molecular complexity index is 1030. The lowest BCUT2D eigenvalue weighted by Crippen LogP contribution is -2.20. The Morgan fingerprint density at radius 2 is 1.77 bits per heavy atom. The highest BCUT2D eigenvalue weighted by molar-refractivity contribution is 6.33. The Kier molecular flexibility index (Phi) is 8.09. The van der Waals surface area contributed by atoms with Gasteiger partial charge in [0.05, 0.1) is 30.6 Å². The lowest BCUT2D eigenvalue weighted by molar-refractivity contribution is -0.118. The smallest absolute Gasteiger partial charge is 0.262 e. The summed E-state index contributed by atoms with van der Waals surface area (Å²) in [6, 6.07) is 16.3. The Balaban J connectivity index is 1.54. The van der Waals surface area contributed by atoms with Crippen molar-refractivity contribution in [1.29, 1.82) is 0 Å². The van der Waals surface area contributed by atoms with Gasteiger partial charge in [-0.1, -0.05) is 29.8 Å². The van der Waals surface area contributed by atoms with Crippen molar-refractivity contribution >= 4 is 23.2 Å². The number of para-hydroxylation sites is 1. The van der Waals surface area contributed by atoms with E-state index in [1.165, 1.54) is 0 Å². The zero-order valence-corrected chi connectivity index (χ0v) is 18.1. The number of amides is 1. The Morgan fingerprint density at radius 3 is 2.55 bits per heavy atom. The molecule has 3 rings (SSSR count). The zero-order valence-electron chi connectivity index (χ0n) is 17.4. The van der Waals surface area contributed by atoms with Crippen molar-refractivity contribution < 1.29 is 19.0 Å². The summed E-state index contributed by atoms with van der Waals surface area (Å²) in [5.74, 6) is 1.45. The predicted molar refractivity (Wildman–Crippen MR) is 120 cm³/mol. The Morgan fingerprint density at radius 1 is 0.968 bits per heavy atom. The molecule has 31 heavy (non-hydrogen) atoms. The molecule has 0 aliphatic rings. The highest BCUT2D eigenvalue weighted by Crippen LogP contribution is 2.28. The van der Waals surface area contributed by atoms with E-state index in [0.717, 1.165) is 17.0 Å². The number of halogens is 1. The molecule has 0 radical (unpaired) electrons. The maximum Gasteiger partial charge on any atom is 0.262 e. The topological polar surface area (TPSA) is 81.7 Å². The van der Waals surface area contributed by atoms with Crippen LogP contribution in [0.3, 0.4) is 0 Å². The van der Waals surface area contributed by atoms with Gasteiger partial charge in [-0.15, -0.1) is 0 Å². The van der Waals surface area contributed by atoms with Crippen molar-refractivity contribution in [2.45, 2.75) is 13.1 Å². The van der Waals surface area contributed by atoms with Gasteiger partial charge in [-0.25, -0.2) is 0 Å². The van der Waals surface area contributed by atoms with Crippen LogP contribution in [0.4, 0.5) is 5.69 Å². The lowest BCUT2D eigenvalue weighted by atomic mass is 10.2. The Labute approximate surface area is 186 Å². The summed E-state index contributed by atoms with van der Waals surface area (Å²) in [6.45, 7) is 0.995. The molecule has 1 aromatic heterocycles. The number of benzene rings is 2. The molecule has 0 saturated heterocycles. The number of nitrogens with zero attached hydrogens (tertiary/aromatic N) is 1. The van der Waals surface area contributed by atoms with Gasteiger partial charge in [0.1, 0.15) is 5.75 Å². The van der Waals surface area contributed by atoms with Crippen molar-refractivity contribution in [1.82, 2.24) is 10.3 Å². The third-order valence-corrected chi connectivity index (χ3v) is 4.75. The van der Waals surface area contributed by atoms with Crippen LogP contribution in [0.5, 0.6) is 17.2 Å². The molecule has 0 aliphatic heterocycles. The van der Waals surface area contributed by atoms with Crippen LogP contribution in [-0.4, -0.2) is 31.7 Å². The normalized spacial score (nSPS) is 10.4. The van der Waals surface area contributed by atoms with E-state index in [-0.39, 0.29) is 12.5 Å². The highest BCUT2D eigenvalue weighted by Gasteiger charge is 2.11. The first kappa shape index (κ1) is 22.4. The van der Waals surface area contributed by atoms with Crippen molar-refractivity contribution in [3.8, 4) is 17.2 Å². The molecule has 2 aromatic carbocycles. The monoisotopic (exact) mass is 441 g/mol. The van der Waals surface area contributed by atoms with E-state index in [1.54, 1.807) is 50.7 Å². The third-order valence-electron chi connectivity index (χ3n) is 4.42. The molecule has 1 amide bonds. The van der Waals surface area contributed by atoms with E-state index in [4.69, 9.17) is 25.8 Å². The minimum atomic E-state index is -0.315. The van der Waals surface area contributed by atoms with Crippen LogP contribution in [0.15, 0.2) is 60.8 Å². The van der Waals surface area contributed by atoms with Crippen molar-refractivity contribution in [2.75, 3.05) is 26.1 Å². The summed E-state index contributed by atoms with van der Waals surface area (Å²) in [5, 5.41) is 6.52. The number of hydrogen-bond acceptors (Lipinski definition) is 6. The largest absolute Gasteiger partial charge is 0.495 e. The van der Waals surface area contributed by atoms with Gasteiger partial charge in [0.25, 0.3) is 5.91 Å². The first-order chi connectivity index (χ1) is 15.1. The van der Waals surface area contributed by atoms with Gasteiger partial charge in [0, 0.05) is 19.3 Å². The van der Waals surface area contributed by atoms with Gasteiger partial charge < -0.3 is 24.8 Å². The molecule has 7 nitrogen and oxygen atoms in total. The SMILES string of the molecule is COc1cc(CNCc2ncccc2OC)ccc1OCC(=O)Nc1ccccc1Cl. The molecule has 0 fully saturated rings. The zero-order chi connectivity index (χ0) is 22.1. The quantitative estimate of drug-likeness (QED) is 0.493. The molecule has 2 N–H and O–H groups in total. The molecule has 0 bridgehead atoms. The molecule has 3 aromatic rings. The number of carbonyl (C=O) groups is 1. The minimum absolute atomic E-state index is 0.168. The minimum Gasteiger partial charge on any atom is -0.495 e. The van der Waals surface area contributed by atoms with Gasteiger partial charge in [-0.3, -0.25) is 9.78 Å². The van der Waals surface area contributed by atoms with Crippen molar-refractivity contribution in [2.24, 2.45) is 0 Å². The van der Waals surface area contributed by atoms with Gasteiger partial charge in [0.2, 0.25) is 0 Å². The number of nitrogens with one attached hydrogen (secondary N) is 2. The second-order valence-electron chi connectivity index (χ2n) is 6.56. The molecule has 1 heterocycles. The number of methoxy groups -OCH3 is 2. The van der Waals surface area contributed by atoms with E-state index in [2.05, 4.69) is 15.6 Å². The van der Waals surface area contributed by atoms with E-state index >= 15 is 0 Å². The number of carbonyl (C=O) groups excluding carboxylic acids is 1. The van der Waals surface area contributed by atoms with Crippen LogP contribution in [-0.2, 0) is 17.9 Å². The second-order valence-corrected chi connectivity index (χ2v) is 6.97. The fourth-order valence-electron chi connectivity index (χ4n) is 2.90. The second kappa shape index (κ2) is 11.2. The summed E-state index contributed by atoms with van der Waals surface area (Å²) < 4.78 is 16.4. The number of anilines is 1. The third kappa shape index (κ3) is 6.34. The molecule has 0 spiro atoms. The summed E-state index contributed by atoms with van der Waals surface area (Å²) in [6.07, 6.45) is 1.73. The van der Waals surface area contributed by atoms with Gasteiger partial charge in [-0.05, 0) is 42.0 Å². The van der Waals surface area contributed by atoms with Crippen LogP contribution in [0.25, 0.3) is 0 Å². The van der Waals surface area contributed by atoms with Crippen LogP contribution >= 0.6 is 11.6 Å². The Hall–Kier alpha value is -3.29. The van der Waals surface area contributed by atoms with E-state index in [0.29, 0.717) is 35.3 Å². The van der Waals surface area contributed by atoms with Crippen LogP contribution in [0.1, 0.15) is 11.3 Å². The fourth-order valence-corrected chi connectivity index (χ4v) is 3.08. The average molecular weight is 442 g/mol. The summed E-state index contributed by atoms with van der Waals surface area (Å²) in [7, 11) is 3.18. The number of hydrogen-bond donors (Lipinski definition) is 2. The summed E-state index contributed by atoms with van der Waals surface area (Å²) in [5.41, 5.74) is 2.37. The molecular formula is C23H24ClN3O4. The number of ether oxygens (including phenoxy) is 3. The maximum atomic E-state index is 12.2. The van der Waals surface area contributed by atoms with E-state index in [1.807, 2.05) is 24.3 Å². The molecule has 8 heteroatoms. The van der Waals surface area contributed by atoms with E-state index in [9.17, 15) is 4.79 Å². The first-order valence-electron chi connectivity index (χ1n) is 9.63. The van der Waals surface area contributed by atoms with Gasteiger partial charge in [0.15, 0.2) is 18.1 Å². The lowest BCUT2D eigenvalue weighted by Gasteiger charge is -2.13. The number of rotatable bonds is 10. The summed E-state index contributed by atoms with van der Waals surface area (Å²) in [4.78, 5) is 16.5. The molecule has 162 valence electrons. The van der Waals surface area contributed by atoms with Crippen LogP contribution in [0, 0.1) is 0 Å². The summed E-state index contributed by atoms with van der Waals surface area (Å²) >= 11 is 6.06. The highest BCUT2D eigenvalue weighted by atomic mass is 35.5. The van der Waals surface area contributed by atoms with Crippen molar-refractivity contribution in [3.05, 3.63) is 77.1 Å². The maximum absolute atomic E-state index is 12.2. The molecule has 0 aliphatic carbocycles. The first-order valence-corrected chi connectivity index (χ1v) is 10.0. The van der Waals surface area contributed by atoms with E-state index < -0.39 is 0 Å². The van der Waals surface area contributed by atoms with Gasteiger partial charge in [-0.2, -0.15) is 0 Å². The molecule has 0 atom stereocenters. The number of aromatic nitrogens is 1. The van der Waals surface area contributed by atoms with Crippen molar-refractivity contribution in [3.63, 3.8) is 0 Å². The predicted octanol–water partition coefficient (Wildman–Crippen LogP) is 4.06.